The first kappa shape index (κ1) is 17.5. The molecule has 2 aromatic heterocycles. The normalized spacial score (nSPS) is 21.8. The Bertz CT molecular complexity index is 665. The van der Waals surface area contributed by atoms with Crippen LogP contribution < -0.4 is 5.73 Å². The van der Waals surface area contributed by atoms with Crippen molar-refractivity contribution in [3.8, 4) is 0 Å². The zero-order valence-electron chi connectivity index (χ0n) is 13.7. The van der Waals surface area contributed by atoms with Crippen LogP contribution in [0, 0.1) is 5.92 Å². The van der Waals surface area contributed by atoms with Gasteiger partial charge in [0, 0.05) is 43.9 Å². The molecule has 8 heteroatoms. The number of hydrogen-bond donors (Lipinski definition) is 4. The van der Waals surface area contributed by atoms with Crippen molar-refractivity contribution < 1.29 is 10.2 Å². The van der Waals surface area contributed by atoms with E-state index >= 15 is 0 Å². The van der Waals surface area contributed by atoms with Crippen LogP contribution in [0.15, 0.2) is 12.5 Å². The highest BCUT2D eigenvalue weighted by Gasteiger charge is 2.31. The van der Waals surface area contributed by atoms with Crippen LogP contribution in [0.1, 0.15) is 18.4 Å². The second kappa shape index (κ2) is 8.15. The number of unbranched alkanes of at least 4 members (excludes halogenated alkanes) is 1. The zero-order valence-corrected chi connectivity index (χ0v) is 14.5. The van der Waals surface area contributed by atoms with Gasteiger partial charge in [-0.1, -0.05) is 0 Å². The van der Waals surface area contributed by atoms with Gasteiger partial charge in [0.15, 0.2) is 5.82 Å². The quantitative estimate of drug-likeness (QED) is 0.521. The molecule has 0 spiro atoms. The highest BCUT2D eigenvalue weighted by atomic mass is 32.2. The Hall–Kier alpha value is -1.35. The van der Waals surface area contributed by atoms with Gasteiger partial charge in [-0.2, -0.15) is 11.8 Å². The average molecular weight is 351 g/mol. The summed E-state index contributed by atoms with van der Waals surface area (Å²) in [5, 5.41) is 19.1. The third kappa shape index (κ3) is 4.00. The smallest absolute Gasteiger partial charge is 0.151 e. The van der Waals surface area contributed by atoms with Crippen molar-refractivity contribution in [3.63, 3.8) is 0 Å². The van der Waals surface area contributed by atoms with Crippen molar-refractivity contribution in [1.82, 2.24) is 19.9 Å². The maximum Gasteiger partial charge on any atom is 0.151 e. The molecule has 2 aromatic rings. The molecule has 0 bridgehead atoms. The molecule has 132 valence electrons. The van der Waals surface area contributed by atoms with Crippen molar-refractivity contribution in [2.24, 2.45) is 5.92 Å². The van der Waals surface area contributed by atoms with Gasteiger partial charge in [0.25, 0.3) is 0 Å². The molecule has 0 aromatic carbocycles. The van der Waals surface area contributed by atoms with E-state index in [1.165, 1.54) is 6.33 Å². The number of nitrogens with zero attached hydrogens (tertiary/aromatic N) is 3. The fourth-order valence-electron chi connectivity index (χ4n) is 3.16. The molecular weight excluding hydrogens is 326 g/mol. The van der Waals surface area contributed by atoms with Crippen LogP contribution in [0.4, 0.5) is 5.82 Å². The molecule has 1 fully saturated rings. The number of nitrogen functional groups attached to an aromatic ring is 1. The first-order valence-electron chi connectivity index (χ1n) is 8.34. The van der Waals surface area contributed by atoms with E-state index in [-0.39, 0.29) is 12.7 Å². The molecule has 3 rings (SSSR count). The second-order valence-electron chi connectivity index (χ2n) is 6.32. The predicted molar refractivity (Wildman–Crippen MR) is 96.7 cm³/mol. The predicted octanol–water partition coefficient (Wildman–Crippen LogP) is 0.838. The summed E-state index contributed by atoms with van der Waals surface area (Å²) in [6.45, 7) is 2.59. The van der Waals surface area contributed by atoms with Gasteiger partial charge < -0.3 is 20.9 Å². The summed E-state index contributed by atoms with van der Waals surface area (Å²) in [6.07, 6.45) is 5.03. The summed E-state index contributed by atoms with van der Waals surface area (Å²) in [5.41, 5.74) is 8.58. The lowest BCUT2D eigenvalue weighted by Gasteiger charge is -2.14. The number of aromatic nitrogens is 3. The van der Waals surface area contributed by atoms with E-state index < -0.39 is 0 Å². The number of fused-ring (bicyclic) bond motifs is 1. The van der Waals surface area contributed by atoms with Gasteiger partial charge >= 0.3 is 0 Å². The number of aromatic amines is 1. The van der Waals surface area contributed by atoms with E-state index in [9.17, 15) is 5.11 Å². The molecule has 1 saturated heterocycles. The molecule has 1 aliphatic rings. The van der Waals surface area contributed by atoms with Crippen LogP contribution in [0.5, 0.6) is 0 Å². The minimum Gasteiger partial charge on any atom is -0.396 e. The lowest BCUT2D eigenvalue weighted by atomic mass is 10.1. The molecule has 0 saturated carbocycles. The van der Waals surface area contributed by atoms with E-state index in [4.69, 9.17) is 10.8 Å². The number of nitrogens with one attached hydrogen (secondary N) is 1. The third-order valence-electron chi connectivity index (χ3n) is 4.48. The van der Waals surface area contributed by atoms with Crippen molar-refractivity contribution in [2.45, 2.75) is 25.5 Å². The molecule has 5 N–H and O–H groups in total. The largest absolute Gasteiger partial charge is 0.396 e. The van der Waals surface area contributed by atoms with Crippen LogP contribution in [0.2, 0.25) is 0 Å². The van der Waals surface area contributed by atoms with E-state index in [2.05, 4.69) is 19.9 Å². The number of anilines is 1. The summed E-state index contributed by atoms with van der Waals surface area (Å²) in [5.74, 6) is 2.77. The Labute approximate surface area is 145 Å². The summed E-state index contributed by atoms with van der Waals surface area (Å²) >= 11 is 1.87. The first-order chi connectivity index (χ1) is 11.7. The highest BCUT2D eigenvalue weighted by molar-refractivity contribution is 7.99. The van der Waals surface area contributed by atoms with Gasteiger partial charge in [-0.25, -0.2) is 9.97 Å². The summed E-state index contributed by atoms with van der Waals surface area (Å²) in [4.78, 5) is 13.7. The van der Waals surface area contributed by atoms with E-state index in [0.29, 0.717) is 18.3 Å². The number of β-amino-alcohol motifs (C(OH)–C–C–N with tert-alkyl or cyclic N) is 1. The Balaban J connectivity index is 1.54. The molecule has 24 heavy (non-hydrogen) atoms. The van der Waals surface area contributed by atoms with Gasteiger partial charge in [-0.3, -0.25) is 4.90 Å². The average Bonchev–Trinajstić information content (AvgIpc) is 3.13. The van der Waals surface area contributed by atoms with Crippen LogP contribution >= 0.6 is 11.8 Å². The SMILES string of the molecule is Nc1ncnc2c(CN3C[C@H](CSCCCCO)[C@@H](O)C3)c[nH]c12. The molecule has 0 amide bonds. The molecule has 2 atom stereocenters. The number of nitrogens with two attached hydrogens (primary N) is 1. The fourth-order valence-corrected chi connectivity index (χ4v) is 4.36. The molecule has 3 heterocycles. The summed E-state index contributed by atoms with van der Waals surface area (Å²) in [7, 11) is 0. The lowest BCUT2D eigenvalue weighted by Crippen LogP contribution is -2.21. The maximum atomic E-state index is 10.3. The monoisotopic (exact) mass is 351 g/mol. The van der Waals surface area contributed by atoms with Crippen LogP contribution in [-0.2, 0) is 6.54 Å². The summed E-state index contributed by atoms with van der Waals surface area (Å²) in [6, 6.07) is 0. The minimum absolute atomic E-state index is 0.263. The van der Waals surface area contributed by atoms with E-state index in [0.717, 1.165) is 54.0 Å². The number of rotatable bonds is 8. The Morgan fingerprint density at radius 1 is 1.33 bits per heavy atom. The fraction of sp³-hybridized carbons (Fsp3) is 0.625. The molecule has 0 unspecified atom stereocenters. The summed E-state index contributed by atoms with van der Waals surface area (Å²) < 4.78 is 0. The van der Waals surface area contributed by atoms with Crippen molar-refractivity contribution in [1.29, 1.82) is 0 Å². The van der Waals surface area contributed by atoms with Crippen LogP contribution in [-0.4, -0.2) is 67.4 Å². The molecule has 1 aliphatic heterocycles. The molecular formula is C16H25N5O2S. The number of aliphatic hydroxyl groups excluding tert-OH is 2. The van der Waals surface area contributed by atoms with Gasteiger partial charge in [0.2, 0.25) is 0 Å². The van der Waals surface area contributed by atoms with Crippen molar-refractivity contribution >= 4 is 28.6 Å². The number of H-pyrrole nitrogens is 1. The molecule has 7 nitrogen and oxygen atoms in total. The lowest BCUT2D eigenvalue weighted by molar-refractivity contribution is 0.149. The van der Waals surface area contributed by atoms with Gasteiger partial charge in [0.05, 0.1) is 11.6 Å². The zero-order chi connectivity index (χ0) is 16.9. The van der Waals surface area contributed by atoms with Crippen LogP contribution in [0.25, 0.3) is 11.0 Å². The van der Waals surface area contributed by atoms with Crippen molar-refractivity contribution in [3.05, 3.63) is 18.1 Å². The standard InChI is InChI=1S/C16H25N5O2S/c17-16-15-14(19-10-20-16)11(5-18-15)6-21-7-12(13(23)8-21)9-24-4-2-1-3-22/h5,10,12-13,18,22-23H,1-4,6-9H2,(H2,17,19,20)/t12-,13+/m1/s1. The Kier molecular flexibility index (Phi) is 5.94. The van der Waals surface area contributed by atoms with Gasteiger partial charge in [-0.05, 0) is 24.3 Å². The third-order valence-corrected chi connectivity index (χ3v) is 5.72. The topological polar surface area (TPSA) is 111 Å². The number of thioether (sulfide) groups is 1. The van der Waals surface area contributed by atoms with Crippen molar-refractivity contribution in [2.75, 3.05) is 36.9 Å². The number of aliphatic hydroxyl groups is 2. The van der Waals surface area contributed by atoms with E-state index in [1.807, 2.05) is 18.0 Å². The van der Waals surface area contributed by atoms with Crippen LogP contribution in [0.3, 0.4) is 0 Å². The number of likely N-dealkylation sites (tertiary alicyclic amines) is 1. The van der Waals surface area contributed by atoms with E-state index in [1.54, 1.807) is 0 Å². The molecule has 0 aliphatic carbocycles. The van der Waals surface area contributed by atoms with Gasteiger partial charge in [-0.15, -0.1) is 0 Å². The molecule has 0 radical (unpaired) electrons. The maximum absolute atomic E-state index is 10.3. The Morgan fingerprint density at radius 2 is 2.21 bits per heavy atom. The minimum atomic E-state index is -0.278. The second-order valence-corrected chi connectivity index (χ2v) is 7.47. The number of hydrogen-bond acceptors (Lipinski definition) is 7. The van der Waals surface area contributed by atoms with Gasteiger partial charge in [0.1, 0.15) is 11.8 Å². The highest BCUT2D eigenvalue weighted by Crippen LogP contribution is 2.26. The Morgan fingerprint density at radius 3 is 3.04 bits per heavy atom. The first-order valence-corrected chi connectivity index (χ1v) is 9.50.